The summed E-state index contributed by atoms with van der Waals surface area (Å²) in [4.78, 5) is 17.2. The van der Waals surface area contributed by atoms with Crippen molar-refractivity contribution < 1.29 is 9.90 Å². The second-order valence-electron chi connectivity index (χ2n) is 4.19. The van der Waals surface area contributed by atoms with Gasteiger partial charge < -0.3 is 15.3 Å². The van der Waals surface area contributed by atoms with Gasteiger partial charge in [-0.1, -0.05) is 0 Å². The van der Waals surface area contributed by atoms with Gasteiger partial charge in [0.25, 0.3) is 5.91 Å². The monoisotopic (exact) mass is 237 g/mol. The molecule has 0 aliphatic carbocycles. The maximum absolute atomic E-state index is 11.7. The molecule has 94 valence electrons. The predicted octanol–water partition coefficient (Wildman–Crippen LogP) is 0.966. The Hall–Kier alpha value is -1.62. The summed E-state index contributed by atoms with van der Waals surface area (Å²) < 4.78 is 0. The lowest BCUT2D eigenvalue weighted by molar-refractivity contribution is 0.0822. The van der Waals surface area contributed by atoms with Crippen molar-refractivity contribution in [3.05, 3.63) is 24.0 Å². The number of aromatic nitrogens is 1. The highest BCUT2D eigenvalue weighted by atomic mass is 16.3. The van der Waals surface area contributed by atoms with Gasteiger partial charge in [-0.05, 0) is 25.5 Å². The zero-order chi connectivity index (χ0) is 12.8. The van der Waals surface area contributed by atoms with Gasteiger partial charge >= 0.3 is 0 Å². The number of carbonyl (C=O) groups excluding carboxylic acids is 1. The van der Waals surface area contributed by atoms with Crippen LogP contribution < -0.4 is 5.32 Å². The van der Waals surface area contributed by atoms with Crippen LogP contribution in [-0.2, 0) is 0 Å². The number of nitrogens with zero attached hydrogens (tertiary/aromatic N) is 2. The lowest BCUT2D eigenvalue weighted by Gasteiger charge is -2.11. The second-order valence-corrected chi connectivity index (χ2v) is 4.19. The molecular formula is C12H19N3O2. The minimum atomic E-state index is -0.327. The van der Waals surface area contributed by atoms with Gasteiger partial charge in [-0.15, -0.1) is 0 Å². The van der Waals surface area contributed by atoms with E-state index in [0.717, 1.165) is 5.69 Å². The Labute approximate surface area is 101 Å². The first kappa shape index (κ1) is 13.4. The lowest BCUT2D eigenvalue weighted by Crippen LogP contribution is -2.22. The minimum Gasteiger partial charge on any atom is -0.393 e. The van der Waals surface area contributed by atoms with E-state index in [1.807, 2.05) is 0 Å². The summed E-state index contributed by atoms with van der Waals surface area (Å²) in [7, 11) is 3.38. The molecule has 2 N–H and O–H groups in total. The van der Waals surface area contributed by atoms with Gasteiger partial charge in [0.15, 0.2) is 0 Å². The van der Waals surface area contributed by atoms with Gasteiger partial charge in [0.05, 0.1) is 6.10 Å². The van der Waals surface area contributed by atoms with Gasteiger partial charge in [0.2, 0.25) is 0 Å². The standard InChI is InChI=1S/C12H19N3O2/c1-9(16)4-6-13-10-5-7-14-11(8-10)12(17)15(2)3/h5,7-9,16H,4,6H2,1-3H3,(H,13,14). The molecule has 0 saturated carbocycles. The summed E-state index contributed by atoms with van der Waals surface area (Å²) in [6.45, 7) is 2.41. The largest absolute Gasteiger partial charge is 0.393 e. The Kier molecular flexibility index (Phi) is 4.90. The first-order valence-electron chi connectivity index (χ1n) is 5.60. The fourth-order valence-corrected chi connectivity index (χ4v) is 1.31. The predicted molar refractivity (Wildman–Crippen MR) is 67.0 cm³/mol. The first-order valence-corrected chi connectivity index (χ1v) is 5.60. The van der Waals surface area contributed by atoms with Gasteiger partial charge in [-0.3, -0.25) is 9.78 Å². The molecule has 0 fully saturated rings. The minimum absolute atomic E-state index is 0.121. The van der Waals surface area contributed by atoms with E-state index in [1.165, 1.54) is 4.90 Å². The van der Waals surface area contributed by atoms with Crippen molar-refractivity contribution in [2.75, 3.05) is 26.0 Å². The van der Waals surface area contributed by atoms with Crippen molar-refractivity contribution in [2.24, 2.45) is 0 Å². The molecule has 0 aromatic carbocycles. The Morgan fingerprint density at radius 1 is 1.59 bits per heavy atom. The number of carbonyl (C=O) groups is 1. The van der Waals surface area contributed by atoms with Crippen molar-refractivity contribution in [3.8, 4) is 0 Å². The molecule has 0 saturated heterocycles. The molecule has 1 unspecified atom stereocenters. The van der Waals surface area contributed by atoms with Crippen molar-refractivity contribution >= 4 is 11.6 Å². The Morgan fingerprint density at radius 3 is 2.88 bits per heavy atom. The van der Waals surface area contributed by atoms with E-state index in [0.29, 0.717) is 18.7 Å². The van der Waals surface area contributed by atoms with E-state index >= 15 is 0 Å². The maximum atomic E-state index is 11.7. The Balaban J connectivity index is 2.63. The molecule has 0 bridgehead atoms. The number of nitrogens with one attached hydrogen (secondary N) is 1. The van der Waals surface area contributed by atoms with E-state index in [1.54, 1.807) is 39.3 Å². The van der Waals surface area contributed by atoms with Crippen LogP contribution in [0.4, 0.5) is 5.69 Å². The zero-order valence-electron chi connectivity index (χ0n) is 10.5. The third-order valence-electron chi connectivity index (χ3n) is 2.28. The molecule has 1 aromatic heterocycles. The van der Waals surface area contributed by atoms with Crippen LogP contribution in [0.5, 0.6) is 0 Å². The molecule has 17 heavy (non-hydrogen) atoms. The number of amides is 1. The molecular weight excluding hydrogens is 218 g/mol. The quantitative estimate of drug-likeness (QED) is 0.800. The van der Waals surface area contributed by atoms with Crippen LogP contribution in [0.2, 0.25) is 0 Å². The van der Waals surface area contributed by atoms with Crippen molar-refractivity contribution in [3.63, 3.8) is 0 Å². The SMILES string of the molecule is CC(O)CCNc1ccnc(C(=O)N(C)C)c1. The Morgan fingerprint density at radius 2 is 2.29 bits per heavy atom. The molecule has 1 rings (SSSR count). The number of anilines is 1. The number of aliphatic hydroxyl groups excluding tert-OH is 1. The van der Waals surface area contributed by atoms with Crippen LogP contribution in [0.25, 0.3) is 0 Å². The van der Waals surface area contributed by atoms with E-state index in [4.69, 9.17) is 5.11 Å². The van der Waals surface area contributed by atoms with E-state index in [2.05, 4.69) is 10.3 Å². The summed E-state index contributed by atoms with van der Waals surface area (Å²) >= 11 is 0. The van der Waals surface area contributed by atoms with Gasteiger partial charge in [0.1, 0.15) is 5.69 Å². The van der Waals surface area contributed by atoms with Gasteiger partial charge in [-0.25, -0.2) is 0 Å². The highest BCUT2D eigenvalue weighted by Crippen LogP contribution is 2.09. The molecule has 1 atom stereocenters. The van der Waals surface area contributed by atoms with E-state index in [9.17, 15) is 4.79 Å². The number of hydrogen-bond acceptors (Lipinski definition) is 4. The van der Waals surface area contributed by atoms with Crippen molar-refractivity contribution in [1.29, 1.82) is 0 Å². The smallest absolute Gasteiger partial charge is 0.272 e. The number of hydrogen-bond donors (Lipinski definition) is 2. The number of aliphatic hydroxyl groups is 1. The van der Waals surface area contributed by atoms with Crippen molar-refractivity contribution in [2.45, 2.75) is 19.4 Å². The summed E-state index contributed by atoms with van der Waals surface area (Å²) in [6.07, 6.45) is 1.94. The summed E-state index contributed by atoms with van der Waals surface area (Å²) in [6, 6.07) is 3.51. The normalized spacial score (nSPS) is 12.0. The number of rotatable bonds is 5. The van der Waals surface area contributed by atoms with Crippen LogP contribution in [0.1, 0.15) is 23.8 Å². The van der Waals surface area contributed by atoms with Crippen LogP contribution in [0.15, 0.2) is 18.3 Å². The number of pyridine rings is 1. The molecule has 0 aliphatic heterocycles. The molecule has 1 aromatic rings. The summed E-state index contributed by atoms with van der Waals surface area (Å²) in [5.41, 5.74) is 1.25. The fourth-order valence-electron chi connectivity index (χ4n) is 1.31. The molecule has 1 heterocycles. The highest BCUT2D eigenvalue weighted by Gasteiger charge is 2.09. The van der Waals surface area contributed by atoms with Crippen LogP contribution in [0.3, 0.4) is 0 Å². The molecule has 0 spiro atoms. The van der Waals surface area contributed by atoms with Crippen LogP contribution in [0, 0.1) is 0 Å². The van der Waals surface area contributed by atoms with Crippen LogP contribution >= 0.6 is 0 Å². The first-order chi connectivity index (χ1) is 8.00. The summed E-state index contributed by atoms with van der Waals surface area (Å²) in [5.74, 6) is -0.121. The average Bonchev–Trinajstić information content (AvgIpc) is 2.28. The zero-order valence-corrected chi connectivity index (χ0v) is 10.5. The highest BCUT2D eigenvalue weighted by molar-refractivity contribution is 5.92. The molecule has 0 radical (unpaired) electrons. The van der Waals surface area contributed by atoms with Crippen LogP contribution in [-0.4, -0.2) is 47.6 Å². The van der Waals surface area contributed by atoms with E-state index in [-0.39, 0.29) is 12.0 Å². The third kappa shape index (κ3) is 4.40. The summed E-state index contributed by atoms with van der Waals surface area (Å²) in [5, 5.41) is 12.3. The molecule has 5 heteroatoms. The van der Waals surface area contributed by atoms with E-state index < -0.39 is 0 Å². The third-order valence-corrected chi connectivity index (χ3v) is 2.28. The maximum Gasteiger partial charge on any atom is 0.272 e. The molecule has 0 aliphatic rings. The van der Waals surface area contributed by atoms with Gasteiger partial charge in [-0.2, -0.15) is 0 Å². The Bertz CT molecular complexity index is 378. The second kappa shape index (κ2) is 6.20. The lowest BCUT2D eigenvalue weighted by atomic mass is 10.2. The molecule has 1 amide bonds. The van der Waals surface area contributed by atoms with Crippen molar-refractivity contribution in [1.82, 2.24) is 9.88 Å². The fraction of sp³-hybridized carbons (Fsp3) is 0.500. The average molecular weight is 237 g/mol. The van der Waals surface area contributed by atoms with Gasteiger partial charge in [0, 0.05) is 32.5 Å². The topological polar surface area (TPSA) is 65.5 Å². The molecule has 5 nitrogen and oxygen atoms in total.